The molecule has 1 fully saturated rings. The molecule has 2 rings (SSSR count). The van der Waals surface area contributed by atoms with Gasteiger partial charge in [0.2, 0.25) is 0 Å². The molecule has 7 nitrogen and oxygen atoms in total. The van der Waals surface area contributed by atoms with Crippen molar-refractivity contribution in [3.8, 4) is 0 Å². The van der Waals surface area contributed by atoms with E-state index in [0.29, 0.717) is 0 Å². The first-order valence-electron chi connectivity index (χ1n) is 4.94. The van der Waals surface area contributed by atoms with Crippen molar-refractivity contribution in [2.24, 2.45) is 0 Å². The molecule has 94 valence electrons. The summed E-state index contributed by atoms with van der Waals surface area (Å²) in [6.45, 7) is -0.639. The lowest BCUT2D eigenvalue weighted by Crippen LogP contribution is -2.47. The molecule has 0 aliphatic carbocycles. The van der Waals surface area contributed by atoms with Gasteiger partial charge < -0.3 is 20.1 Å². The van der Waals surface area contributed by atoms with Gasteiger partial charge in [-0.1, -0.05) is 0 Å². The molecule has 1 unspecified atom stereocenters. The highest BCUT2D eigenvalue weighted by molar-refractivity contribution is 7.71. The molecule has 0 spiro atoms. The molecule has 8 heteroatoms. The molecule has 3 atom stereocenters. The molecule has 0 saturated carbocycles. The number of aromatic nitrogens is 2. The van der Waals surface area contributed by atoms with Crippen molar-refractivity contribution < 1.29 is 20.1 Å². The second-order valence-corrected chi connectivity index (χ2v) is 4.22. The van der Waals surface area contributed by atoms with E-state index in [0.717, 1.165) is 4.57 Å². The molecule has 4 N–H and O–H groups in total. The Morgan fingerprint density at radius 3 is 2.94 bits per heavy atom. The highest BCUT2D eigenvalue weighted by Crippen LogP contribution is 2.29. The summed E-state index contributed by atoms with van der Waals surface area (Å²) in [5, 5.41) is 29.1. The van der Waals surface area contributed by atoms with E-state index in [4.69, 9.17) is 22.1 Å². The lowest BCUT2D eigenvalue weighted by atomic mass is 10.1. The molecule has 1 aromatic rings. The third-order valence-electron chi connectivity index (χ3n) is 2.76. The van der Waals surface area contributed by atoms with Gasteiger partial charge in [-0.25, -0.2) is 0 Å². The van der Waals surface area contributed by atoms with Crippen LogP contribution in [0, 0.1) is 4.77 Å². The zero-order chi connectivity index (χ0) is 12.6. The molecule has 0 amide bonds. The quantitative estimate of drug-likeness (QED) is 0.472. The van der Waals surface area contributed by atoms with Gasteiger partial charge in [0.15, 0.2) is 10.5 Å². The Hall–Kier alpha value is -1.06. The van der Waals surface area contributed by atoms with Gasteiger partial charge in [-0.2, -0.15) is 0 Å². The molecule has 2 heterocycles. The zero-order valence-electron chi connectivity index (χ0n) is 8.74. The van der Waals surface area contributed by atoms with E-state index in [2.05, 4.69) is 4.98 Å². The fraction of sp³-hybridized carbons (Fsp3) is 0.556. The van der Waals surface area contributed by atoms with Crippen LogP contribution in [0.3, 0.4) is 0 Å². The Morgan fingerprint density at radius 1 is 1.71 bits per heavy atom. The van der Waals surface area contributed by atoms with Gasteiger partial charge in [-0.15, -0.1) is 0 Å². The lowest BCUT2D eigenvalue weighted by Gasteiger charge is -2.28. The van der Waals surface area contributed by atoms with Gasteiger partial charge >= 0.3 is 0 Å². The summed E-state index contributed by atoms with van der Waals surface area (Å²) in [4.78, 5) is 13.3. The first-order valence-corrected chi connectivity index (χ1v) is 5.35. The molecule has 1 aliphatic heterocycles. The summed E-state index contributed by atoms with van der Waals surface area (Å²) < 4.78 is 6.18. The molecule has 0 aromatic carbocycles. The summed E-state index contributed by atoms with van der Waals surface area (Å²) in [5.74, 6) is 0. The predicted octanol–water partition coefficient (Wildman–Crippen LogP) is -1.70. The topological polar surface area (TPSA) is 108 Å². The van der Waals surface area contributed by atoms with Crippen molar-refractivity contribution >= 4 is 12.2 Å². The first-order chi connectivity index (χ1) is 7.99. The zero-order valence-corrected chi connectivity index (χ0v) is 9.55. The SMILES string of the molecule is O=c1ccn([C@@]2(O)COC(CO)[C@H]2O)c(=S)[nH]1. The summed E-state index contributed by atoms with van der Waals surface area (Å²) in [5.41, 5.74) is -2.18. The summed E-state index contributed by atoms with van der Waals surface area (Å²) in [6.07, 6.45) is -0.938. The Labute approximate surface area is 101 Å². The molecular weight excluding hydrogens is 248 g/mol. The lowest BCUT2D eigenvalue weighted by molar-refractivity contribution is -0.114. The summed E-state index contributed by atoms with van der Waals surface area (Å²) >= 11 is 4.89. The Morgan fingerprint density at radius 2 is 2.41 bits per heavy atom. The van der Waals surface area contributed by atoms with Gasteiger partial charge in [-0.3, -0.25) is 14.3 Å². The van der Waals surface area contributed by atoms with Crippen LogP contribution in [0.4, 0.5) is 0 Å². The smallest absolute Gasteiger partial charge is 0.251 e. The molecule has 0 bridgehead atoms. The number of rotatable bonds is 2. The maximum atomic E-state index is 11.0. The highest BCUT2D eigenvalue weighted by atomic mass is 32.1. The number of nitrogens with one attached hydrogen (secondary N) is 1. The second-order valence-electron chi connectivity index (χ2n) is 3.84. The van der Waals surface area contributed by atoms with Crippen LogP contribution in [0.25, 0.3) is 0 Å². The van der Waals surface area contributed by atoms with Crippen LogP contribution in [-0.4, -0.2) is 50.3 Å². The van der Waals surface area contributed by atoms with E-state index >= 15 is 0 Å². The van der Waals surface area contributed by atoms with Crippen molar-refractivity contribution in [3.63, 3.8) is 0 Å². The maximum Gasteiger partial charge on any atom is 0.251 e. The molecule has 0 radical (unpaired) electrons. The first kappa shape index (κ1) is 12.4. The third kappa shape index (κ3) is 1.94. The van der Waals surface area contributed by atoms with Crippen LogP contribution in [0.2, 0.25) is 0 Å². The Bertz CT molecular complexity index is 527. The van der Waals surface area contributed by atoms with E-state index in [1.54, 1.807) is 0 Å². The van der Waals surface area contributed by atoms with Crippen LogP contribution in [0.15, 0.2) is 17.1 Å². The number of aromatic amines is 1. The number of hydrogen-bond donors (Lipinski definition) is 4. The Kier molecular flexibility index (Phi) is 3.15. The van der Waals surface area contributed by atoms with Gasteiger partial charge in [0, 0.05) is 12.3 Å². The Balaban J connectivity index is 2.46. The minimum atomic E-state index is -1.78. The van der Waals surface area contributed by atoms with Gasteiger partial charge in [0.1, 0.15) is 12.2 Å². The average molecular weight is 260 g/mol. The molecule has 1 saturated heterocycles. The molecule has 1 aliphatic rings. The molecular formula is C9H12N2O5S. The van der Waals surface area contributed by atoms with Gasteiger partial charge in [-0.05, 0) is 12.2 Å². The second kappa shape index (κ2) is 4.31. The third-order valence-corrected chi connectivity index (χ3v) is 3.06. The van der Waals surface area contributed by atoms with E-state index in [9.17, 15) is 15.0 Å². The largest absolute Gasteiger partial charge is 0.394 e. The summed E-state index contributed by atoms with van der Waals surface area (Å²) in [7, 11) is 0. The van der Waals surface area contributed by atoms with Gasteiger partial charge in [0.25, 0.3) is 5.56 Å². The summed E-state index contributed by atoms with van der Waals surface area (Å²) in [6, 6.07) is 1.17. The predicted molar refractivity (Wildman–Crippen MR) is 58.9 cm³/mol. The van der Waals surface area contributed by atoms with Crippen LogP contribution in [0.1, 0.15) is 0 Å². The number of H-pyrrole nitrogens is 1. The number of aliphatic hydroxyl groups excluding tert-OH is 2. The van der Waals surface area contributed by atoms with Crippen molar-refractivity contribution in [1.29, 1.82) is 0 Å². The van der Waals surface area contributed by atoms with Crippen LogP contribution in [-0.2, 0) is 10.5 Å². The number of nitrogens with zero attached hydrogens (tertiary/aromatic N) is 1. The molecule has 1 aromatic heterocycles. The van der Waals surface area contributed by atoms with Crippen molar-refractivity contribution in [2.75, 3.05) is 13.2 Å². The number of ether oxygens (including phenoxy) is 1. The normalized spacial score (nSPS) is 32.9. The van der Waals surface area contributed by atoms with Crippen LogP contribution >= 0.6 is 12.2 Å². The van der Waals surface area contributed by atoms with E-state index in [1.807, 2.05) is 0 Å². The average Bonchev–Trinajstić information content (AvgIpc) is 2.56. The van der Waals surface area contributed by atoms with E-state index < -0.39 is 30.1 Å². The number of aliphatic hydroxyl groups is 3. The van der Waals surface area contributed by atoms with Gasteiger partial charge in [0.05, 0.1) is 13.2 Å². The van der Waals surface area contributed by atoms with Crippen molar-refractivity contribution in [1.82, 2.24) is 9.55 Å². The van der Waals surface area contributed by atoms with Crippen molar-refractivity contribution in [3.05, 3.63) is 27.4 Å². The standard InChI is InChI=1S/C9H12N2O5S/c12-3-5-7(14)9(15,4-16-5)11-2-1-6(13)10-8(11)17/h1-2,5,7,12,14-15H,3-4H2,(H,10,13,17)/t5?,7-,9-/m1/s1. The highest BCUT2D eigenvalue weighted by Gasteiger charge is 2.49. The maximum absolute atomic E-state index is 11.0. The molecule has 17 heavy (non-hydrogen) atoms. The van der Waals surface area contributed by atoms with Crippen LogP contribution < -0.4 is 5.56 Å². The van der Waals surface area contributed by atoms with Crippen molar-refractivity contribution in [2.45, 2.75) is 17.9 Å². The monoisotopic (exact) mass is 260 g/mol. The minimum Gasteiger partial charge on any atom is -0.394 e. The fourth-order valence-electron chi connectivity index (χ4n) is 1.79. The number of hydrogen-bond acceptors (Lipinski definition) is 6. The minimum absolute atomic E-state index is 0.0266. The van der Waals surface area contributed by atoms with E-state index in [-0.39, 0.29) is 11.4 Å². The van der Waals surface area contributed by atoms with Crippen LogP contribution in [0.5, 0.6) is 0 Å². The van der Waals surface area contributed by atoms with E-state index in [1.165, 1.54) is 12.3 Å². The fourth-order valence-corrected chi connectivity index (χ4v) is 2.11.